The molecule has 0 spiro atoms. The molecule has 0 radical (unpaired) electrons. The lowest BCUT2D eigenvalue weighted by molar-refractivity contribution is -0.917. The van der Waals surface area contributed by atoms with Crippen molar-refractivity contribution in [3.8, 4) is 0 Å². The average molecular weight is 396 g/mol. The van der Waals surface area contributed by atoms with E-state index in [1.807, 2.05) is 18.2 Å². The molecular formula is C18H21Cl2N4O2+. The minimum atomic E-state index is -0.715. The van der Waals surface area contributed by atoms with Crippen LogP contribution < -0.4 is 10.5 Å². The summed E-state index contributed by atoms with van der Waals surface area (Å²) in [5.41, 5.74) is 0.746. The lowest BCUT2D eigenvalue weighted by atomic mass is 10.2. The van der Waals surface area contributed by atoms with Crippen LogP contribution in [0.4, 0.5) is 0 Å². The van der Waals surface area contributed by atoms with E-state index in [1.54, 1.807) is 11.8 Å². The minimum Gasteiger partial charge on any atom is -0.330 e. The maximum absolute atomic E-state index is 12.8. The number of nitrogens with one attached hydrogen (secondary N) is 1. The van der Waals surface area contributed by atoms with E-state index in [0.29, 0.717) is 13.1 Å². The van der Waals surface area contributed by atoms with Gasteiger partial charge in [0, 0.05) is 5.56 Å². The Bertz CT molecular complexity index is 833. The first-order valence-corrected chi connectivity index (χ1v) is 9.32. The molecule has 1 aliphatic heterocycles. The van der Waals surface area contributed by atoms with Gasteiger partial charge in [-0.1, -0.05) is 53.5 Å². The second-order valence-electron chi connectivity index (χ2n) is 6.47. The number of carbonyl (C=O) groups excluding carboxylic acids is 1. The van der Waals surface area contributed by atoms with Crippen molar-refractivity contribution in [1.29, 1.82) is 0 Å². The normalized spacial score (nSPS) is 16.5. The van der Waals surface area contributed by atoms with Gasteiger partial charge in [0.2, 0.25) is 5.91 Å². The van der Waals surface area contributed by atoms with Crippen LogP contribution in [0.1, 0.15) is 18.5 Å². The van der Waals surface area contributed by atoms with E-state index in [9.17, 15) is 9.59 Å². The molecule has 138 valence electrons. The second-order valence-corrected chi connectivity index (χ2v) is 7.26. The predicted molar refractivity (Wildman–Crippen MR) is 101 cm³/mol. The number of quaternary nitrogens is 1. The van der Waals surface area contributed by atoms with Crippen LogP contribution in [-0.4, -0.2) is 46.8 Å². The van der Waals surface area contributed by atoms with E-state index in [0.717, 1.165) is 24.3 Å². The molecule has 1 aromatic carbocycles. The molecule has 1 aliphatic rings. The average Bonchev–Trinajstić information content (AvgIpc) is 2.67. The van der Waals surface area contributed by atoms with Crippen LogP contribution in [-0.2, 0) is 11.3 Å². The van der Waals surface area contributed by atoms with Crippen molar-refractivity contribution in [3.05, 3.63) is 62.5 Å². The molecular weight excluding hydrogens is 375 g/mol. The highest BCUT2D eigenvalue weighted by Crippen LogP contribution is 2.16. The molecule has 6 nitrogen and oxygen atoms in total. The Morgan fingerprint density at radius 3 is 2.54 bits per heavy atom. The molecule has 1 atom stereocenters. The van der Waals surface area contributed by atoms with Crippen LogP contribution in [0.25, 0.3) is 0 Å². The summed E-state index contributed by atoms with van der Waals surface area (Å²) < 4.78 is 1.10. The number of amides is 1. The molecule has 1 aromatic heterocycles. The van der Waals surface area contributed by atoms with E-state index in [2.05, 4.69) is 17.2 Å². The van der Waals surface area contributed by atoms with Crippen molar-refractivity contribution in [2.24, 2.45) is 0 Å². The third-order valence-electron chi connectivity index (χ3n) is 4.70. The van der Waals surface area contributed by atoms with Gasteiger partial charge in [-0.05, 0) is 6.92 Å². The molecule has 0 saturated carbocycles. The fraction of sp³-hybridized carbons (Fsp3) is 0.389. The van der Waals surface area contributed by atoms with Gasteiger partial charge in [0.05, 0.1) is 37.4 Å². The summed E-state index contributed by atoms with van der Waals surface area (Å²) in [4.78, 5) is 28.2. The lowest BCUT2D eigenvalue weighted by Crippen LogP contribution is -3.13. The van der Waals surface area contributed by atoms with E-state index in [-0.39, 0.29) is 16.0 Å². The largest absolute Gasteiger partial charge is 0.330 e. The molecule has 26 heavy (non-hydrogen) atoms. The lowest BCUT2D eigenvalue weighted by Gasteiger charge is -2.33. The molecule has 1 N–H and O–H groups in total. The molecule has 1 amide bonds. The van der Waals surface area contributed by atoms with Crippen molar-refractivity contribution in [2.45, 2.75) is 19.5 Å². The molecule has 1 fully saturated rings. The standard InChI is InChI=1S/C18H20Cl2N4O2/c1-13(24-18(26)16(20)15(19)11-21-24)17(25)23-9-7-22(8-10-23)12-14-5-3-2-4-6-14/h2-6,11,13H,7-10,12H2,1H3/p+1/t13-/m0/s1. The topological polar surface area (TPSA) is 59.6 Å². The monoisotopic (exact) mass is 395 g/mol. The second kappa shape index (κ2) is 8.20. The fourth-order valence-electron chi connectivity index (χ4n) is 3.17. The van der Waals surface area contributed by atoms with Gasteiger partial charge < -0.3 is 9.80 Å². The van der Waals surface area contributed by atoms with Crippen molar-refractivity contribution in [2.75, 3.05) is 26.2 Å². The number of carbonyl (C=O) groups is 1. The molecule has 0 bridgehead atoms. The number of benzene rings is 1. The van der Waals surface area contributed by atoms with Crippen molar-refractivity contribution in [1.82, 2.24) is 14.7 Å². The predicted octanol–water partition coefficient (Wildman–Crippen LogP) is 1.04. The minimum absolute atomic E-state index is 0.0886. The number of aromatic nitrogens is 2. The van der Waals surface area contributed by atoms with E-state index in [1.165, 1.54) is 16.7 Å². The van der Waals surface area contributed by atoms with Gasteiger partial charge in [0.1, 0.15) is 17.6 Å². The Kier molecular flexibility index (Phi) is 5.96. The van der Waals surface area contributed by atoms with Crippen LogP contribution >= 0.6 is 23.2 Å². The Morgan fingerprint density at radius 2 is 1.88 bits per heavy atom. The molecule has 2 heterocycles. The summed E-state index contributed by atoms with van der Waals surface area (Å²) in [5.74, 6) is -0.128. The van der Waals surface area contributed by atoms with Crippen LogP contribution in [0.3, 0.4) is 0 Å². The van der Waals surface area contributed by atoms with Gasteiger partial charge >= 0.3 is 0 Å². The van der Waals surface area contributed by atoms with Crippen molar-refractivity contribution < 1.29 is 9.69 Å². The van der Waals surface area contributed by atoms with Crippen molar-refractivity contribution in [3.63, 3.8) is 0 Å². The molecule has 2 aromatic rings. The van der Waals surface area contributed by atoms with Gasteiger partial charge in [-0.3, -0.25) is 9.59 Å². The number of rotatable bonds is 4. The first kappa shape index (κ1) is 18.9. The maximum Gasteiger partial charge on any atom is 0.287 e. The van der Waals surface area contributed by atoms with Crippen LogP contribution in [0.5, 0.6) is 0 Å². The first-order chi connectivity index (χ1) is 12.5. The van der Waals surface area contributed by atoms with E-state index >= 15 is 0 Å². The number of nitrogens with zero attached hydrogens (tertiary/aromatic N) is 3. The zero-order valence-electron chi connectivity index (χ0n) is 14.5. The Hall–Kier alpha value is -1.89. The SMILES string of the molecule is C[C@@H](C(=O)N1CC[NH+](Cc2ccccc2)CC1)n1ncc(Cl)c(Cl)c1=O. The fourth-order valence-corrected chi connectivity index (χ4v) is 3.43. The smallest absolute Gasteiger partial charge is 0.287 e. The van der Waals surface area contributed by atoms with Gasteiger partial charge in [0.15, 0.2) is 0 Å². The highest BCUT2D eigenvalue weighted by Gasteiger charge is 2.29. The summed E-state index contributed by atoms with van der Waals surface area (Å²) in [5, 5.41) is 3.94. The van der Waals surface area contributed by atoms with Gasteiger partial charge in [0.25, 0.3) is 5.56 Å². The van der Waals surface area contributed by atoms with Crippen LogP contribution in [0.2, 0.25) is 10.0 Å². The maximum atomic E-state index is 12.8. The van der Waals surface area contributed by atoms with E-state index < -0.39 is 11.6 Å². The third kappa shape index (κ3) is 4.09. The molecule has 0 unspecified atom stereocenters. The first-order valence-electron chi connectivity index (χ1n) is 8.56. The zero-order chi connectivity index (χ0) is 18.7. The summed E-state index contributed by atoms with van der Waals surface area (Å²) in [7, 11) is 0. The number of halogens is 2. The third-order valence-corrected chi connectivity index (χ3v) is 5.45. The van der Waals surface area contributed by atoms with Crippen molar-refractivity contribution >= 4 is 29.1 Å². The van der Waals surface area contributed by atoms with Gasteiger partial charge in [-0.15, -0.1) is 0 Å². The molecule has 1 saturated heterocycles. The highest BCUT2D eigenvalue weighted by molar-refractivity contribution is 6.41. The number of hydrogen-bond donors (Lipinski definition) is 1. The molecule has 0 aliphatic carbocycles. The number of hydrogen-bond acceptors (Lipinski definition) is 3. The van der Waals surface area contributed by atoms with Gasteiger partial charge in [-0.25, -0.2) is 4.68 Å². The molecule has 8 heteroatoms. The van der Waals surface area contributed by atoms with Gasteiger partial charge in [-0.2, -0.15) is 5.10 Å². The Morgan fingerprint density at radius 1 is 1.23 bits per heavy atom. The summed E-state index contributed by atoms with van der Waals surface area (Å²) >= 11 is 11.7. The highest BCUT2D eigenvalue weighted by atomic mass is 35.5. The van der Waals surface area contributed by atoms with Crippen LogP contribution in [0.15, 0.2) is 41.3 Å². The zero-order valence-corrected chi connectivity index (χ0v) is 16.0. The molecule has 3 rings (SSSR count). The Balaban J connectivity index is 1.61. The number of piperazine rings is 1. The quantitative estimate of drug-likeness (QED) is 0.840. The summed E-state index contributed by atoms with van der Waals surface area (Å²) in [6, 6.07) is 9.61. The van der Waals surface area contributed by atoms with Crippen LogP contribution in [0, 0.1) is 0 Å². The Labute approximate surface area is 161 Å². The summed E-state index contributed by atoms with van der Waals surface area (Å²) in [6.45, 7) is 5.66. The van der Waals surface area contributed by atoms with E-state index in [4.69, 9.17) is 23.2 Å². The summed E-state index contributed by atoms with van der Waals surface area (Å²) in [6.07, 6.45) is 1.29.